The van der Waals surface area contributed by atoms with Crippen LogP contribution in [0.25, 0.3) is 0 Å². The molecule has 0 unspecified atom stereocenters. The maximum Gasteiger partial charge on any atom is 2.00 e. The van der Waals surface area contributed by atoms with Crippen molar-refractivity contribution in [1.29, 1.82) is 0 Å². The van der Waals surface area contributed by atoms with Gasteiger partial charge in [-0.15, -0.1) is 0 Å². The molecule has 0 radical (unpaired) electrons. The number of hydrogen-bond donors (Lipinski definition) is 6. The number of rotatable bonds is 0. The van der Waals surface area contributed by atoms with E-state index in [1.54, 1.807) is 0 Å². The number of carboxylic acid groups (broad SMARTS) is 2. The van der Waals surface area contributed by atoms with Crippen LogP contribution >= 0.6 is 0 Å². The van der Waals surface area contributed by atoms with E-state index in [0.717, 1.165) is 0 Å². The topological polar surface area (TPSA) is 170 Å². The average molecular weight is 218 g/mol. The van der Waals surface area contributed by atoms with E-state index in [1.165, 1.54) is 0 Å². The van der Waals surface area contributed by atoms with Crippen LogP contribution in [0.1, 0.15) is 2.85 Å². The van der Waals surface area contributed by atoms with Gasteiger partial charge in [0.25, 0.3) is 0 Å². The Bertz CT molecular complexity index is 84.6. The summed E-state index contributed by atoms with van der Waals surface area (Å²) in [7, 11) is -4.61. The first-order valence-corrected chi connectivity index (χ1v) is 3.33. The second-order valence-electron chi connectivity index (χ2n) is 0.883. The van der Waals surface area contributed by atoms with Crippen LogP contribution in [0, 0.1) is 0 Å². The van der Waals surface area contributed by atoms with Crippen molar-refractivity contribution in [3.8, 4) is 0 Å². The van der Waals surface area contributed by atoms with E-state index in [1.807, 2.05) is 0 Å². The average Bonchev–Trinajstić information content (AvgIpc) is 1.19. The molecule has 0 rings (SSSR count). The molecule has 0 aliphatic heterocycles. The summed E-state index contributed by atoms with van der Waals surface area (Å²) < 4.78 is 0. The second-order valence-corrected chi connectivity index (χ2v) is 2.08. The largest absolute Gasteiger partial charge is 2.00 e. The van der Waals surface area contributed by atoms with E-state index in [9.17, 15) is 0 Å². The zero-order chi connectivity index (χ0) is 8.08. The van der Waals surface area contributed by atoms with Crippen LogP contribution in [-0.4, -0.2) is 87.8 Å². The van der Waals surface area contributed by atoms with Gasteiger partial charge in [0.15, 0.2) is 0 Å². The molecule has 0 saturated heterocycles. The van der Waals surface area contributed by atoms with Gasteiger partial charge in [0.2, 0.25) is 0 Å². The van der Waals surface area contributed by atoms with Gasteiger partial charge in [-0.25, -0.2) is 4.79 Å². The van der Waals surface area contributed by atoms with Crippen LogP contribution in [0.15, 0.2) is 0 Å². The standard InChI is InChI=1S/CH2O3.Ca.H4O4Si.H2O.2H/c2-1(3)4;;1-5(2,3)4;;;/h(H2,2,3,4);;1-4H;1H2;;/q;+2;;;2*-1. The Balaban J connectivity index is -0.0000000146. The summed E-state index contributed by atoms with van der Waals surface area (Å²) >= 11 is 0. The van der Waals surface area contributed by atoms with E-state index in [2.05, 4.69) is 0 Å². The molecule has 11 heavy (non-hydrogen) atoms. The van der Waals surface area contributed by atoms with Gasteiger partial charge in [-0.3, -0.25) is 0 Å². The maximum atomic E-state index is 8.56. The molecule has 68 valence electrons. The molecule has 0 aliphatic rings. The number of hydrogen-bond acceptors (Lipinski definition) is 5. The fourth-order valence-corrected chi connectivity index (χ4v) is 0. The van der Waals surface area contributed by atoms with E-state index < -0.39 is 15.2 Å². The summed E-state index contributed by atoms with van der Waals surface area (Å²) in [6, 6.07) is 0. The fraction of sp³-hybridized carbons (Fsp3) is 0. The summed E-state index contributed by atoms with van der Waals surface area (Å²) in [5, 5.41) is 13.9. The molecule has 8 nitrogen and oxygen atoms in total. The maximum absolute atomic E-state index is 8.56. The summed E-state index contributed by atoms with van der Waals surface area (Å²) in [5.74, 6) is 0. The van der Waals surface area contributed by atoms with Gasteiger partial charge in [-0.1, -0.05) is 0 Å². The minimum absolute atomic E-state index is 0. The van der Waals surface area contributed by atoms with Crippen molar-refractivity contribution in [3.63, 3.8) is 0 Å². The molecule has 0 saturated carbocycles. The van der Waals surface area contributed by atoms with Crippen LogP contribution in [0.2, 0.25) is 0 Å². The summed E-state index contributed by atoms with van der Waals surface area (Å²) in [6.45, 7) is 0. The van der Waals surface area contributed by atoms with Crippen molar-refractivity contribution in [3.05, 3.63) is 0 Å². The van der Waals surface area contributed by atoms with Gasteiger partial charge in [-0.05, 0) is 0 Å². The first-order valence-electron chi connectivity index (χ1n) is 1.55. The zero-order valence-electron chi connectivity index (χ0n) is 7.30. The SMILES string of the molecule is O.O=C(O)O.O[Si](O)(O)O.[Ca+2].[H-].[H-]. The molecule has 0 amide bonds. The van der Waals surface area contributed by atoms with Gasteiger partial charge in [0.1, 0.15) is 0 Å². The molecule has 0 fully saturated rings. The van der Waals surface area contributed by atoms with Gasteiger partial charge < -0.3 is 37.7 Å². The fourth-order valence-electron chi connectivity index (χ4n) is 0. The van der Waals surface area contributed by atoms with Crippen molar-refractivity contribution in [1.82, 2.24) is 0 Å². The predicted octanol–water partition coefficient (Wildman–Crippen LogP) is -3.37. The predicted molar refractivity (Wildman–Crippen MR) is 36.9 cm³/mol. The first kappa shape index (κ1) is 22.6. The molecule has 0 aromatic heterocycles. The molecule has 0 aromatic rings. The Morgan fingerprint density at radius 1 is 1.09 bits per heavy atom. The molecule has 0 spiro atoms. The zero-order valence-corrected chi connectivity index (χ0v) is 8.51. The van der Waals surface area contributed by atoms with E-state index in [-0.39, 0.29) is 46.1 Å². The molecule has 0 heterocycles. The van der Waals surface area contributed by atoms with Gasteiger partial charge in [0, 0.05) is 0 Å². The number of carbonyl (C=O) groups is 1. The molecule has 0 aromatic carbocycles. The Morgan fingerprint density at radius 3 is 1.09 bits per heavy atom. The quantitative estimate of drug-likeness (QED) is 0.230. The van der Waals surface area contributed by atoms with Crippen LogP contribution in [-0.2, 0) is 0 Å². The Kier molecular flexibility index (Phi) is 21.6. The molecule has 0 atom stereocenters. The van der Waals surface area contributed by atoms with Crippen molar-refractivity contribution in [2.75, 3.05) is 0 Å². The summed E-state index contributed by atoms with van der Waals surface area (Å²) in [5.41, 5.74) is 0. The van der Waals surface area contributed by atoms with Crippen LogP contribution < -0.4 is 0 Å². The third kappa shape index (κ3) is 2580. The minimum atomic E-state index is -4.61. The van der Waals surface area contributed by atoms with Crippen LogP contribution in [0.5, 0.6) is 0 Å². The normalized spacial score (nSPS) is 7.64. The monoisotopic (exact) mass is 218 g/mol. The molecule has 8 N–H and O–H groups in total. The second kappa shape index (κ2) is 10.5. The summed E-state index contributed by atoms with van der Waals surface area (Å²) in [6.07, 6.45) is -1.83. The van der Waals surface area contributed by atoms with Crippen LogP contribution in [0.4, 0.5) is 4.79 Å². The molecular formula is CH10CaO8Si. The van der Waals surface area contributed by atoms with E-state index in [4.69, 9.17) is 34.2 Å². The Morgan fingerprint density at radius 2 is 1.09 bits per heavy atom. The Labute approximate surface area is 95.1 Å². The third-order valence-corrected chi connectivity index (χ3v) is 0. The van der Waals surface area contributed by atoms with E-state index >= 15 is 0 Å². The van der Waals surface area contributed by atoms with Gasteiger partial charge in [-0.2, -0.15) is 0 Å². The van der Waals surface area contributed by atoms with Crippen molar-refractivity contribution >= 4 is 52.9 Å². The van der Waals surface area contributed by atoms with Crippen molar-refractivity contribution < 1.29 is 42.5 Å². The van der Waals surface area contributed by atoms with Crippen molar-refractivity contribution in [2.24, 2.45) is 0 Å². The van der Waals surface area contributed by atoms with Gasteiger partial charge in [0.05, 0.1) is 0 Å². The Hall–Kier alpha value is 0.547. The van der Waals surface area contributed by atoms with Gasteiger partial charge >= 0.3 is 52.9 Å². The first-order chi connectivity index (χ1) is 3.73. The third-order valence-electron chi connectivity index (χ3n) is 0. The van der Waals surface area contributed by atoms with E-state index in [0.29, 0.717) is 0 Å². The molecule has 0 aliphatic carbocycles. The molecular weight excluding hydrogens is 208 g/mol. The van der Waals surface area contributed by atoms with Crippen molar-refractivity contribution in [2.45, 2.75) is 0 Å². The smallest absolute Gasteiger partial charge is 1.00 e. The molecule has 10 heteroatoms. The molecule has 0 bridgehead atoms. The van der Waals surface area contributed by atoms with Crippen LogP contribution in [0.3, 0.4) is 0 Å². The minimum Gasteiger partial charge on any atom is -1.00 e. The summed E-state index contributed by atoms with van der Waals surface area (Å²) in [4.78, 5) is 37.9.